The molecule has 29 heavy (non-hydrogen) atoms. The highest BCUT2D eigenvalue weighted by Gasteiger charge is 2.23. The molecule has 0 aromatic heterocycles. The van der Waals surface area contributed by atoms with Crippen LogP contribution in [0.3, 0.4) is 0 Å². The number of nitriles is 1. The fraction of sp³-hybridized carbons (Fsp3) is 0.500. The molecule has 1 fully saturated rings. The fourth-order valence-corrected chi connectivity index (χ4v) is 3.80. The molecule has 8 nitrogen and oxygen atoms in total. The average Bonchev–Trinajstić information content (AvgIpc) is 2.72. The first-order valence-corrected chi connectivity index (χ1v) is 10.8. The van der Waals surface area contributed by atoms with E-state index in [9.17, 15) is 14.4 Å². The first-order valence-electron chi connectivity index (χ1n) is 9.60. The van der Waals surface area contributed by atoms with E-state index in [0.717, 1.165) is 11.5 Å². The molecule has 1 atom stereocenters. The number of carbonyl (C=O) groups is 3. The molecular weight excluding hydrogens is 390 g/mol. The molecule has 2 rings (SSSR count). The highest BCUT2D eigenvalue weighted by atomic mass is 32.2. The third-order valence-corrected chi connectivity index (χ3v) is 5.29. The Hall–Kier alpha value is -2.73. The van der Waals surface area contributed by atoms with Gasteiger partial charge in [-0.25, -0.2) is 4.79 Å². The lowest BCUT2D eigenvalue weighted by Crippen LogP contribution is -2.47. The van der Waals surface area contributed by atoms with E-state index >= 15 is 0 Å². The lowest BCUT2D eigenvalue weighted by molar-refractivity contribution is -0.123. The molecule has 1 aliphatic heterocycles. The van der Waals surface area contributed by atoms with Crippen molar-refractivity contribution in [1.82, 2.24) is 15.5 Å². The summed E-state index contributed by atoms with van der Waals surface area (Å²) >= 11 is 1.82. The molecule has 0 radical (unpaired) electrons. The van der Waals surface area contributed by atoms with Crippen LogP contribution in [0.25, 0.3) is 0 Å². The van der Waals surface area contributed by atoms with Crippen LogP contribution in [0.5, 0.6) is 0 Å². The molecule has 1 unspecified atom stereocenters. The highest BCUT2D eigenvalue weighted by molar-refractivity contribution is 7.99. The molecule has 1 heterocycles. The number of nitrogens with one attached hydrogen (secondary N) is 3. The quantitative estimate of drug-likeness (QED) is 0.588. The minimum absolute atomic E-state index is 0.111. The number of hydrogen-bond donors (Lipinski definition) is 3. The maximum absolute atomic E-state index is 12.7. The van der Waals surface area contributed by atoms with Crippen molar-refractivity contribution in [3.63, 3.8) is 0 Å². The van der Waals surface area contributed by atoms with Gasteiger partial charge in [0.05, 0.1) is 6.07 Å². The van der Waals surface area contributed by atoms with Gasteiger partial charge in [0.2, 0.25) is 5.91 Å². The van der Waals surface area contributed by atoms with Gasteiger partial charge in [-0.2, -0.15) is 17.0 Å². The van der Waals surface area contributed by atoms with Crippen LogP contribution in [0, 0.1) is 17.2 Å². The smallest absolute Gasteiger partial charge is 0.321 e. The number of anilines is 1. The van der Waals surface area contributed by atoms with E-state index in [0.29, 0.717) is 30.8 Å². The number of rotatable bonds is 7. The van der Waals surface area contributed by atoms with Crippen LogP contribution in [0.2, 0.25) is 0 Å². The van der Waals surface area contributed by atoms with Gasteiger partial charge < -0.3 is 20.9 Å². The zero-order chi connectivity index (χ0) is 21.2. The van der Waals surface area contributed by atoms with Gasteiger partial charge in [0.25, 0.3) is 5.91 Å². The van der Waals surface area contributed by atoms with Gasteiger partial charge in [-0.3, -0.25) is 9.59 Å². The van der Waals surface area contributed by atoms with Crippen molar-refractivity contribution in [2.75, 3.05) is 36.5 Å². The first-order chi connectivity index (χ1) is 13.9. The topological polar surface area (TPSA) is 114 Å². The number of hydrogen-bond acceptors (Lipinski definition) is 5. The van der Waals surface area contributed by atoms with E-state index in [4.69, 9.17) is 5.26 Å². The Morgan fingerprint density at radius 1 is 1.24 bits per heavy atom. The monoisotopic (exact) mass is 417 g/mol. The lowest BCUT2D eigenvalue weighted by Gasteiger charge is -2.26. The third-order valence-electron chi connectivity index (χ3n) is 4.34. The molecule has 1 saturated heterocycles. The van der Waals surface area contributed by atoms with Gasteiger partial charge in [-0.05, 0) is 30.5 Å². The van der Waals surface area contributed by atoms with Crippen molar-refractivity contribution >= 4 is 35.3 Å². The van der Waals surface area contributed by atoms with Crippen LogP contribution in [-0.4, -0.2) is 59.9 Å². The first kappa shape index (κ1) is 22.6. The van der Waals surface area contributed by atoms with Crippen molar-refractivity contribution < 1.29 is 14.4 Å². The second-order valence-electron chi connectivity index (χ2n) is 7.14. The van der Waals surface area contributed by atoms with Crippen molar-refractivity contribution in [2.24, 2.45) is 5.92 Å². The number of nitrogens with zero attached hydrogens (tertiary/aromatic N) is 2. The van der Waals surface area contributed by atoms with Gasteiger partial charge in [-0.1, -0.05) is 19.9 Å². The van der Waals surface area contributed by atoms with Crippen LogP contribution in [0.4, 0.5) is 10.5 Å². The van der Waals surface area contributed by atoms with Crippen molar-refractivity contribution in [3.8, 4) is 6.07 Å². The van der Waals surface area contributed by atoms with Crippen LogP contribution in [0.15, 0.2) is 24.3 Å². The third kappa shape index (κ3) is 7.31. The summed E-state index contributed by atoms with van der Waals surface area (Å²) in [4.78, 5) is 39.0. The van der Waals surface area contributed by atoms with Crippen molar-refractivity contribution in [3.05, 3.63) is 29.8 Å². The predicted molar refractivity (Wildman–Crippen MR) is 114 cm³/mol. The molecule has 0 bridgehead atoms. The molecule has 4 amide bonds. The molecule has 1 aromatic carbocycles. The van der Waals surface area contributed by atoms with Gasteiger partial charge in [0, 0.05) is 35.8 Å². The highest BCUT2D eigenvalue weighted by Crippen LogP contribution is 2.15. The summed E-state index contributed by atoms with van der Waals surface area (Å²) < 4.78 is 0. The Kier molecular flexibility index (Phi) is 8.80. The number of carbonyl (C=O) groups excluding carboxylic acids is 3. The average molecular weight is 418 g/mol. The summed E-state index contributed by atoms with van der Waals surface area (Å²) in [6.45, 7) is 5.19. The largest absolute Gasteiger partial charge is 0.341 e. The minimum Gasteiger partial charge on any atom is -0.341 e. The number of urea groups is 1. The van der Waals surface area contributed by atoms with E-state index in [1.807, 2.05) is 31.7 Å². The van der Waals surface area contributed by atoms with Gasteiger partial charge in [0.15, 0.2) is 0 Å². The van der Waals surface area contributed by atoms with Crippen molar-refractivity contribution in [1.29, 1.82) is 5.26 Å². The molecule has 1 aromatic rings. The summed E-state index contributed by atoms with van der Waals surface area (Å²) in [5, 5.41) is 16.7. The Labute approximate surface area is 175 Å². The molecule has 0 spiro atoms. The van der Waals surface area contributed by atoms with Gasteiger partial charge in [0.1, 0.15) is 12.6 Å². The summed E-state index contributed by atoms with van der Waals surface area (Å²) in [7, 11) is 0. The van der Waals surface area contributed by atoms with E-state index in [-0.39, 0.29) is 24.4 Å². The maximum Gasteiger partial charge on any atom is 0.321 e. The van der Waals surface area contributed by atoms with Crippen LogP contribution in [-0.2, 0) is 4.79 Å². The normalized spacial score (nSPS) is 14.6. The van der Waals surface area contributed by atoms with Crippen LogP contribution in [0.1, 0.15) is 30.6 Å². The van der Waals surface area contributed by atoms with Crippen molar-refractivity contribution in [2.45, 2.75) is 26.3 Å². The SMILES string of the molecule is CC(C)CC(NC(=O)c1cccc(NC(=O)N2CCSCC2)c1)C(=O)NCC#N. The Morgan fingerprint density at radius 3 is 2.62 bits per heavy atom. The zero-order valence-electron chi connectivity index (χ0n) is 16.7. The van der Waals surface area contributed by atoms with Crippen LogP contribution < -0.4 is 16.0 Å². The predicted octanol–water partition coefficient (Wildman–Crippen LogP) is 2.05. The summed E-state index contributed by atoms with van der Waals surface area (Å²) in [6, 6.07) is 7.56. The molecule has 1 aliphatic rings. The summed E-state index contributed by atoms with van der Waals surface area (Å²) in [5.74, 6) is 1.22. The van der Waals surface area contributed by atoms with Gasteiger partial charge in [-0.15, -0.1) is 0 Å². The Bertz CT molecular complexity index is 772. The summed E-state index contributed by atoms with van der Waals surface area (Å²) in [5.41, 5.74) is 0.869. The van der Waals surface area contributed by atoms with Gasteiger partial charge >= 0.3 is 6.03 Å². The number of amides is 4. The molecule has 9 heteroatoms. The lowest BCUT2D eigenvalue weighted by atomic mass is 10.0. The number of benzene rings is 1. The summed E-state index contributed by atoms with van der Waals surface area (Å²) in [6.07, 6.45) is 0.451. The molecule has 0 saturated carbocycles. The number of thioether (sulfide) groups is 1. The van der Waals surface area contributed by atoms with E-state index in [1.54, 1.807) is 29.2 Å². The van der Waals surface area contributed by atoms with Crippen LogP contribution >= 0.6 is 11.8 Å². The molecule has 0 aliphatic carbocycles. The second kappa shape index (κ2) is 11.3. The zero-order valence-corrected chi connectivity index (χ0v) is 17.6. The Balaban J connectivity index is 2.03. The Morgan fingerprint density at radius 2 is 1.97 bits per heavy atom. The molecule has 156 valence electrons. The fourth-order valence-electron chi connectivity index (χ4n) is 2.90. The van der Waals surface area contributed by atoms with E-state index in [1.165, 1.54) is 0 Å². The minimum atomic E-state index is -0.736. The van der Waals surface area contributed by atoms with E-state index in [2.05, 4.69) is 16.0 Å². The molecular formula is C20H27N5O3S. The van der Waals surface area contributed by atoms with E-state index < -0.39 is 11.9 Å². The second-order valence-corrected chi connectivity index (χ2v) is 8.37. The maximum atomic E-state index is 12.7. The standard InChI is InChI=1S/C20H27N5O3S/c1-14(2)12-17(19(27)22-7-6-21)24-18(26)15-4-3-5-16(13-15)23-20(28)25-8-10-29-11-9-25/h3-5,13-14,17H,7-12H2,1-2H3,(H,22,27)(H,23,28)(H,24,26). The molecule has 3 N–H and O–H groups in total.